The number of hydrogen-bond acceptors (Lipinski definition) is 4. The summed E-state index contributed by atoms with van der Waals surface area (Å²) in [6, 6.07) is 7.13. The van der Waals surface area contributed by atoms with Gasteiger partial charge in [0.05, 0.1) is 11.4 Å². The third kappa shape index (κ3) is 2.46. The molecule has 3 rings (SSSR count). The summed E-state index contributed by atoms with van der Waals surface area (Å²) in [7, 11) is 1.63. The van der Waals surface area contributed by atoms with Crippen molar-refractivity contribution >= 4 is 40.2 Å². The van der Waals surface area contributed by atoms with E-state index in [2.05, 4.69) is 15.0 Å². The lowest BCUT2D eigenvalue weighted by Crippen LogP contribution is -2.33. The van der Waals surface area contributed by atoms with Gasteiger partial charge in [-0.1, -0.05) is 16.7 Å². The molecule has 110 valence electrons. The molecule has 0 fully saturated rings. The average Bonchev–Trinajstić information content (AvgIpc) is 3.01. The molecule has 0 N–H and O–H groups in total. The summed E-state index contributed by atoms with van der Waals surface area (Å²) in [5.41, 5.74) is 11.5. The van der Waals surface area contributed by atoms with Crippen molar-refractivity contribution in [3.63, 3.8) is 0 Å². The van der Waals surface area contributed by atoms with Crippen LogP contribution in [-0.2, 0) is 4.79 Å². The van der Waals surface area contributed by atoms with Crippen molar-refractivity contribution in [2.75, 3.05) is 11.9 Å². The number of likely N-dealkylation sites (N-methyl/N-ethyl adjacent to an activating group) is 1. The smallest absolute Gasteiger partial charge is 0.257 e. The first-order chi connectivity index (χ1) is 10.6. The molecule has 6 nitrogen and oxygen atoms in total. The van der Waals surface area contributed by atoms with Gasteiger partial charge in [-0.25, -0.2) is 0 Å². The number of carbonyl (C=O) groups excluding carboxylic acids is 1. The Morgan fingerprint density at radius 3 is 2.95 bits per heavy atom. The number of fused-ring (bicyclic) bond motifs is 1. The summed E-state index contributed by atoms with van der Waals surface area (Å²) in [5, 5.41) is 7.90. The van der Waals surface area contributed by atoms with Crippen LogP contribution in [0.3, 0.4) is 0 Å². The highest BCUT2D eigenvalue weighted by molar-refractivity contribution is 7.08. The van der Waals surface area contributed by atoms with Gasteiger partial charge in [0.1, 0.15) is 0 Å². The Balaban J connectivity index is 2.29. The molecule has 0 spiro atoms. The van der Waals surface area contributed by atoms with Crippen molar-refractivity contribution in [1.82, 2.24) is 0 Å². The van der Waals surface area contributed by atoms with Crippen LogP contribution in [0.4, 0.5) is 5.69 Å². The molecule has 0 saturated heterocycles. The predicted molar refractivity (Wildman–Crippen MR) is 87.8 cm³/mol. The summed E-state index contributed by atoms with van der Waals surface area (Å²) < 4.78 is 0. The van der Waals surface area contributed by atoms with E-state index in [1.54, 1.807) is 25.2 Å². The van der Waals surface area contributed by atoms with Gasteiger partial charge in [0.25, 0.3) is 5.91 Å². The molecule has 1 atom stereocenters. The number of nitrogens with zero attached hydrogens (tertiary/aromatic N) is 5. The molecule has 0 aliphatic carbocycles. The standard InChI is InChI=1S/C14H10ClN5OS/c1-20-11-3-2-9(15)6-10(11)12(8-4-5-22-7-8)17-13(14(20)21)18-19-16/h2-7,13H,1H3. The van der Waals surface area contributed by atoms with E-state index in [0.717, 1.165) is 11.1 Å². The molecule has 0 saturated carbocycles. The van der Waals surface area contributed by atoms with Crippen LogP contribution in [0.15, 0.2) is 45.1 Å². The van der Waals surface area contributed by atoms with Crippen LogP contribution in [-0.4, -0.2) is 24.8 Å². The van der Waals surface area contributed by atoms with E-state index in [0.29, 0.717) is 16.4 Å². The molecule has 1 aliphatic rings. The normalized spacial score (nSPS) is 17.4. The van der Waals surface area contributed by atoms with E-state index < -0.39 is 6.17 Å². The van der Waals surface area contributed by atoms with E-state index in [-0.39, 0.29) is 5.91 Å². The van der Waals surface area contributed by atoms with Crippen LogP contribution in [0.2, 0.25) is 5.02 Å². The van der Waals surface area contributed by atoms with Crippen LogP contribution in [0.5, 0.6) is 0 Å². The van der Waals surface area contributed by atoms with Gasteiger partial charge in [0.2, 0.25) is 6.17 Å². The molecule has 0 bridgehead atoms. The van der Waals surface area contributed by atoms with Crippen molar-refractivity contribution < 1.29 is 4.79 Å². The predicted octanol–water partition coefficient (Wildman–Crippen LogP) is 3.85. The number of benzene rings is 1. The number of carbonyl (C=O) groups is 1. The molecule has 2 aromatic rings. The van der Waals surface area contributed by atoms with Gasteiger partial charge in [-0.3, -0.25) is 9.79 Å². The highest BCUT2D eigenvalue weighted by Crippen LogP contribution is 2.30. The Kier molecular flexibility index (Phi) is 3.85. The van der Waals surface area contributed by atoms with Crippen molar-refractivity contribution in [1.29, 1.82) is 0 Å². The first-order valence-corrected chi connectivity index (χ1v) is 7.66. The van der Waals surface area contributed by atoms with Gasteiger partial charge < -0.3 is 4.90 Å². The van der Waals surface area contributed by atoms with Gasteiger partial charge >= 0.3 is 0 Å². The lowest BCUT2D eigenvalue weighted by molar-refractivity contribution is -0.119. The zero-order chi connectivity index (χ0) is 15.7. The minimum atomic E-state index is -1.13. The highest BCUT2D eigenvalue weighted by atomic mass is 35.5. The molecule has 1 aromatic heterocycles. The maximum Gasteiger partial charge on any atom is 0.257 e. The highest BCUT2D eigenvalue weighted by Gasteiger charge is 2.29. The molecule has 22 heavy (non-hydrogen) atoms. The zero-order valence-electron chi connectivity index (χ0n) is 11.5. The first kappa shape index (κ1) is 14.6. The zero-order valence-corrected chi connectivity index (χ0v) is 13.0. The summed E-state index contributed by atoms with van der Waals surface area (Å²) >= 11 is 7.62. The van der Waals surface area contributed by atoms with Crippen molar-refractivity contribution in [3.05, 3.63) is 61.6 Å². The fourth-order valence-electron chi connectivity index (χ4n) is 2.28. The van der Waals surface area contributed by atoms with E-state index in [4.69, 9.17) is 17.1 Å². The minimum Gasteiger partial charge on any atom is -0.313 e. The number of hydrogen-bond donors (Lipinski definition) is 0. The number of anilines is 1. The summed E-state index contributed by atoms with van der Waals surface area (Å²) in [6.45, 7) is 0. The van der Waals surface area contributed by atoms with E-state index in [1.165, 1.54) is 16.2 Å². The lowest BCUT2D eigenvalue weighted by Gasteiger charge is -2.19. The second kappa shape index (κ2) is 5.81. The van der Waals surface area contributed by atoms with Gasteiger partial charge in [-0.2, -0.15) is 11.3 Å². The van der Waals surface area contributed by atoms with Crippen LogP contribution >= 0.6 is 22.9 Å². The maximum atomic E-state index is 12.4. The largest absolute Gasteiger partial charge is 0.313 e. The van der Waals surface area contributed by atoms with Gasteiger partial charge in [0, 0.05) is 33.5 Å². The number of thiophene rings is 1. The van der Waals surface area contributed by atoms with Crippen LogP contribution in [0.1, 0.15) is 11.1 Å². The Morgan fingerprint density at radius 1 is 1.45 bits per heavy atom. The van der Waals surface area contributed by atoms with Crippen LogP contribution in [0.25, 0.3) is 10.4 Å². The molecule has 1 unspecified atom stereocenters. The summed E-state index contributed by atoms with van der Waals surface area (Å²) in [6.07, 6.45) is -1.13. The lowest BCUT2D eigenvalue weighted by atomic mass is 10.0. The number of benzodiazepines with no additional fused rings is 1. The molecule has 1 amide bonds. The van der Waals surface area contributed by atoms with E-state index >= 15 is 0 Å². The Labute approximate surface area is 135 Å². The molecule has 1 aliphatic heterocycles. The second-order valence-corrected chi connectivity index (χ2v) is 5.84. The molecule has 0 radical (unpaired) electrons. The number of halogens is 1. The summed E-state index contributed by atoms with van der Waals surface area (Å²) in [4.78, 5) is 21.0. The Morgan fingerprint density at radius 2 is 2.27 bits per heavy atom. The SMILES string of the molecule is CN1C(=O)C(N=[N+]=[N-])N=C(c2ccsc2)c2cc(Cl)ccc21. The summed E-state index contributed by atoms with van der Waals surface area (Å²) in [5.74, 6) is -0.383. The minimum absolute atomic E-state index is 0.383. The van der Waals surface area contributed by atoms with Crippen molar-refractivity contribution in [3.8, 4) is 0 Å². The Hall–Kier alpha value is -2.34. The fourth-order valence-corrected chi connectivity index (χ4v) is 3.10. The fraction of sp³-hybridized carbons (Fsp3) is 0.143. The number of rotatable bonds is 2. The number of azide groups is 1. The molecular weight excluding hydrogens is 322 g/mol. The maximum absolute atomic E-state index is 12.4. The van der Waals surface area contributed by atoms with Gasteiger partial charge in [-0.15, -0.1) is 0 Å². The monoisotopic (exact) mass is 331 g/mol. The topological polar surface area (TPSA) is 81.4 Å². The Bertz CT molecular complexity index is 811. The third-order valence-electron chi connectivity index (χ3n) is 3.33. The third-order valence-corrected chi connectivity index (χ3v) is 4.25. The molecular formula is C14H10ClN5OS. The van der Waals surface area contributed by atoms with Gasteiger partial charge in [0.15, 0.2) is 0 Å². The molecule has 8 heteroatoms. The first-order valence-electron chi connectivity index (χ1n) is 6.34. The van der Waals surface area contributed by atoms with Crippen molar-refractivity contribution in [2.45, 2.75) is 6.17 Å². The van der Waals surface area contributed by atoms with E-state index in [1.807, 2.05) is 16.8 Å². The van der Waals surface area contributed by atoms with Gasteiger partial charge in [-0.05, 0) is 35.2 Å². The van der Waals surface area contributed by atoms with Crippen molar-refractivity contribution in [2.24, 2.45) is 10.1 Å². The second-order valence-electron chi connectivity index (χ2n) is 4.63. The molecule has 2 heterocycles. The van der Waals surface area contributed by atoms with Crippen LogP contribution in [0, 0.1) is 0 Å². The average molecular weight is 332 g/mol. The quantitative estimate of drug-likeness (QED) is 0.467. The van der Waals surface area contributed by atoms with E-state index in [9.17, 15) is 4.79 Å². The van der Waals surface area contributed by atoms with Crippen LogP contribution < -0.4 is 4.90 Å². The number of aliphatic imine (C=N–C) groups is 1. The molecule has 1 aromatic carbocycles. The number of amides is 1.